The monoisotopic (exact) mass is 473 g/mol. The zero-order valence-electron chi connectivity index (χ0n) is 18.2. The van der Waals surface area contributed by atoms with Gasteiger partial charge in [0.05, 0.1) is 13.2 Å². The number of rotatable bonds is 5. The minimum atomic E-state index is -0.357. The first kappa shape index (κ1) is 31.3. The van der Waals surface area contributed by atoms with E-state index in [2.05, 4.69) is 20.0 Å². The van der Waals surface area contributed by atoms with E-state index in [1.54, 1.807) is 20.0 Å². The zero-order chi connectivity index (χ0) is 23.3. The van der Waals surface area contributed by atoms with Gasteiger partial charge in [0.2, 0.25) is 6.19 Å². The molecule has 0 aromatic carbocycles. The summed E-state index contributed by atoms with van der Waals surface area (Å²) in [5.41, 5.74) is 0. The predicted octanol–water partition coefficient (Wildman–Crippen LogP) is 3.22. The smallest absolute Gasteiger partial charge is 0.325 e. The fraction of sp³-hybridized carbons (Fsp3) is 0.714. The number of alkyl halides is 1. The van der Waals surface area contributed by atoms with E-state index in [1.165, 1.54) is 0 Å². The van der Waals surface area contributed by atoms with Crippen LogP contribution >= 0.6 is 11.6 Å². The number of nitrogens with zero attached hydrogens (tertiary/aromatic N) is 5. The first-order valence-corrected chi connectivity index (χ1v) is 10.8. The van der Waals surface area contributed by atoms with Gasteiger partial charge in [-0.25, -0.2) is 0 Å². The largest absolute Gasteiger partial charge is 0.465 e. The minimum absolute atomic E-state index is 0. The second-order valence-electron chi connectivity index (χ2n) is 6.27. The summed E-state index contributed by atoms with van der Waals surface area (Å²) in [6.07, 6.45) is 9.72. The van der Waals surface area contributed by atoms with Crippen molar-refractivity contribution >= 4 is 35.2 Å². The van der Waals surface area contributed by atoms with Crippen LogP contribution in [0, 0.1) is 22.9 Å². The number of hydrogen-bond acceptors (Lipinski definition) is 9. The van der Waals surface area contributed by atoms with Crippen LogP contribution in [0.1, 0.15) is 61.2 Å². The van der Waals surface area contributed by atoms with Crippen molar-refractivity contribution in [3.8, 4) is 12.4 Å². The number of ether oxygens (including phenoxy) is 2. The SMILES string of the molecule is C.CCOC(=O)CCl.CCOC(=O)CN1CCCCC1=NC#N.N#CNC1=NCCCC1.[2HH]. The summed E-state index contributed by atoms with van der Waals surface area (Å²) in [4.78, 5) is 31.0. The van der Waals surface area contributed by atoms with Crippen LogP contribution in [0.2, 0.25) is 0 Å². The van der Waals surface area contributed by atoms with Crippen LogP contribution < -0.4 is 5.32 Å². The molecule has 32 heavy (non-hydrogen) atoms. The predicted molar refractivity (Wildman–Crippen MR) is 126 cm³/mol. The van der Waals surface area contributed by atoms with E-state index in [0.29, 0.717) is 19.0 Å². The average molecular weight is 474 g/mol. The van der Waals surface area contributed by atoms with Crippen LogP contribution in [0.4, 0.5) is 0 Å². The Morgan fingerprint density at radius 2 is 1.81 bits per heavy atom. The van der Waals surface area contributed by atoms with Gasteiger partial charge >= 0.3 is 11.9 Å². The lowest BCUT2D eigenvalue weighted by Crippen LogP contribution is -2.39. The number of hydrogen-bond donors (Lipinski definition) is 1. The van der Waals surface area contributed by atoms with Gasteiger partial charge in [-0.2, -0.15) is 15.5 Å². The standard InChI is InChI=1S/C10H15N3O2.C6H9N3.C4H7ClO2.CH4.H2/c1-2-15-10(14)7-13-6-4-3-5-9(13)12-8-11;7-5-9-6-3-1-2-4-8-6;1-2-7-4(6)3-5;;/h2-7H2,1H3;1-4H2,(H,8,9);2-3H2,1H3;1H4;1H/i;;;;1+1. The third-order valence-electron chi connectivity index (χ3n) is 3.99. The van der Waals surface area contributed by atoms with Crippen molar-refractivity contribution in [2.24, 2.45) is 9.98 Å². The lowest BCUT2D eigenvalue weighted by Gasteiger charge is -2.28. The molecular formula is C21H37ClN6O4. The molecule has 1 N–H and O–H groups in total. The number of likely N-dealkylation sites (tertiary alicyclic amines) is 1. The fourth-order valence-corrected chi connectivity index (χ4v) is 2.73. The third-order valence-corrected chi connectivity index (χ3v) is 4.20. The second-order valence-corrected chi connectivity index (χ2v) is 6.54. The van der Waals surface area contributed by atoms with Crippen molar-refractivity contribution in [2.75, 3.05) is 38.7 Å². The molecule has 0 aromatic heterocycles. The number of esters is 2. The summed E-state index contributed by atoms with van der Waals surface area (Å²) in [5, 5.41) is 19.2. The summed E-state index contributed by atoms with van der Waals surface area (Å²) in [6.45, 7) is 6.17. The summed E-state index contributed by atoms with van der Waals surface area (Å²) in [5.74, 6) is 0.892. The van der Waals surface area contributed by atoms with Crippen molar-refractivity contribution < 1.29 is 20.5 Å². The highest BCUT2D eigenvalue weighted by molar-refractivity contribution is 6.26. The van der Waals surface area contributed by atoms with Crippen LogP contribution in [0.5, 0.6) is 0 Å². The van der Waals surface area contributed by atoms with Gasteiger partial charge in [0.1, 0.15) is 24.1 Å². The minimum Gasteiger partial charge on any atom is -0.465 e. The number of halogens is 1. The highest BCUT2D eigenvalue weighted by Gasteiger charge is 2.19. The Hall–Kier alpha value is -2.85. The van der Waals surface area contributed by atoms with Crippen LogP contribution in [0.3, 0.4) is 0 Å². The van der Waals surface area contributed by atoms with Gasteiger partial charge in [0, 0.05) is 27.4 Å². The second kappa shape index (κ2) is 21.4. The molecule has 10 nitrogen and oxygen atoms in total. The molecule has 182 valence electrons. The van der Waals surface area contributed by atoms with E-state index in [1.807, 2.05) is 11.1 Å². The van der Waals surface area contributed by atoms with Crippen LogP contribution in [0.25, 0.3) is 0 Å². The van der Waals surface area contributed by atoms with Crippen molar-refractivity contribution in [3.63, 3.8) is 0 Å². The molecule has 0 bridgehead atoms. The van der Waals surface area contributed by atoms with Gasteiger partial charge in [-0.15, -0.1) is 11.6 Å². The number of aliphatic imine (C=N–C) groups is 2. The number of nitrogens with one attached hydrogen (secondary N) is 1. The molecule has 0 aliphatic carbocycles. The highest BCUT2D eigenvalue weighted by Crippen LogP contribution is 2.11. The molecule has 2 heterocycles. The van der Waals surface area contributed by atoms with Crippen molar-refractivity contribution in [1.29, 1.82) is 10.5 Å². The zero-order valence-corrected chi connectivity index (χ0v) is 19.0. The Morgan fingerprint density at radius 3 is 2.31 bits per heavy atom. The first-order valence-electron chi connectivity index (χ1n) is 10.3. The fourth-order valence-electron chi connectivity index (χ4n) is 2.65. The topological polar surface area (TPSA) is 140 Å². The Labute approximate surface area is 197 Å². The Bertz CT molecular complexity index is 691. The number of carbonyl (C=O) groups excluding carboxylic acids is 2. The van der Waals surface area contributed by atoms with Gasteiger partial charge in [0.25, 0.3) is 0 Å². The molecular weight excluding hydrogens is 436 g/mol. The summed E-state index contributed by atoms with van der Waals surface area (Å²) < 4.78 is 9.27. The van der Waals surface area contributed by atoms with Gasteiger partial charge in [-0.05, 0) is 39.5 Å². The summed E-state index contributed by atoms with van der Waals surface area (Å²) in [6, 6.07) is 0. The number of carbonyl (C=O) groups is 2. The molecule has 0 unspecified atom stereocenters. The maximum Gasteiger partial charge on any atom is 0.325 e. The van der Waals surface area contributed by atoms with Crippen LogP contribution in [0.15, 0.2) is 9.98 Å². The van der Waals surface area contributed by atoms with E-state index in [-0.39, 0.29) is 33.2 Å². The molecule has 0 saturated carbocycles. The lowest BCUT2D eigenvalue weighted by atomic mass is 10.1. The third kappa shape index (κ3) is 15.9. The molecule has 1 saturated heterocycles. The van der Waals surface area contributed by atoms with Gasteiger partial charge < -0.3 is 14.4 Å². The maximum atomic E-state index is 11.3. The van der Waals surface area contributed by atoms with Gasteiger partial charge in [-0.3, -0.25) is 19.9 Å². The maximum absolute atomic E-state index is 11.3. The van der Waals surface area contributed by atoms with E-state index in [4.69, 9.17) is 26.9 Å². The quantitative estimate of drug-likeness (QED) is 0.277. The van der Waals surface area contributed by atoms with Gasteiger partial charge in [-0.1, -0.05) is 7.43 Å². The molecule has 1 fully saturated rings. The molecule has 0 radical (unpaired) electrons. The normalized spacial score (nSPS) is 15.6. The molecule has 0 atom stereocenters. The van der Waals surface area contributed by atoms with Gasteiger partial charge in [0.15, 0.2) is 6.19 Å². The van der Waals surface area contributed by atoms with E-state index in [0.717, 1.165) is 57.5 Å². The average Bonchev–Trinajstić information content (AvgIpc) is 2.77. The van der Waals surface area contributed by atoms with Crippen molar-refractivity contribution in [1.82, 2.24) is 10.2 Å². The molecule has 2 aliphatic rings. The molecule has 0 aromatic rings. The van der Waals surface area contributed by atoms with Crippen molar-refractivity contribution in [3.05, 3.63) is 0 Å². The Kier molecular flexibility index (Phi) is 20.9. The molecule has 2 aliphatic heterocycles. The number of amidine groups is 2. The Balaban J connectivity index is -0.000000432. The lowest BCUT2D eigenvalue weighted by molar-refractivity contribution is -0.143. The van der Waals surface area contributed by atoms with E-state index >= 15 is 0 Å². The van der Waals surface area contributed by atoms with Crippen LogP contribution in [-0.2, 0) is 19.1 Å². The number of nitriles is 2. The first-order chi connectivity index (χ1) is 15.0. The Morgan fingerprint density at radius 1 is 1.16 bits per heavy atom. The summed E-state index contributed by atoms with van der Waals surface area (Å²) in [7, 11) is 0. The molecule has 2 rings (SSSR count). The molecule has 11 heteroatoms. The summed E-state index contributed by atoms with van der Waals surface area (Å²) >= 11 is 5.06. The van der Waals surface area contributed by atoms with E-state index in [9.17, 15) is 9.59 Å². The highest BCUT2D eigenvalue weighted by atomic mass is 35.5. The van der Waals surface area contributed by atoms with Crippen LogP contribution in [-0.4, -0.2) is 67.2 Å². The molecule has 0 spiro atoms. The number of piperidine rings is 1. The molecule has 0 amide bonds. The van der Waals surface area contributed by atoms with E-state index < -0.39 is 0 Å². The van der Waals surface area contributed by atoms with Crippen molar-refractivity contribution in [2.45, 2.75) is 59.8 Å².